The fourth-order valence-corrected chi connectivity index (χ4v) is 3.39. The highest BCUT2D eigenvalue weighted by Gasteiger charge is 2.12. The number of rotatable bonds is 5. The summed E-state index contributed by atoms with van der Waals surface area (Å²) in [6, 6.07) is 15.6. The van der Waals surface area contributed by atoms with Gasteiger partial charge in [-0.2, -0.15) is 0 Å². The first-order chi connectivity index (χ1) is 11.2. The highest BCUT2D eigenvalue weighted by atomic mass is 35.5. The molecule has 0 aliphatic rings. The number of nitrogens with zero attached hydrogens (tertiary/aromatic N) is 3. The Kier molecular flexibility index (Phi) is 4.88. The average molecular weight is 346 g/mol. The van der Waals surface area contributed by atoms with Crippen molar-refractivity contribution in [3.8, 4) is 17.1 Å². The van der Waals surface area contributed by atoms with Gasteiger partial charge in [0, 0.05) is 23.4 Å². The van der Waals surface area contributed by atoms with E-state index in [0.29, 0.717) is 0 Å². The summed E-state index contributed by atoms with van der Waals surface area (Å²) in [4.78, 5) is 0. The maximum atomic E-state index is 6.19. The lowest BCUT2D eigenvalue weighted by atomic mass is 10.2. The Morgan fingerprint density at radius 2 is 1.83 bits per heavy atom. The molecule has 1 aromatic heterocycles. The van der Waals surface area contributed by atoms with E-state index in [1.54, 1.807) is 18.9 Å². The summed E-state index contributed by atoms with van der Waals surface area (Å²) in [5.74, 6) is 2.41. The average Bonchev–Trinajstić information content (AvgIpc) is 2.95. The van der Waals surface area contributed by atoms with Crippen LogP contribution in [0.5, 0.6) is 5.75 Å². The van der Waals surface area contributed by atoms with Crippen molar-refractivity contribution in [2.75, 3.05) is 7.11 Å². The van der Waals surface area contributed by atoms with E-state index in [1.807, 2.05) is 60.1 Å². The summed E-state index contributed by atoms with van der Waals surface area (Å²) >= 11 is 7.81. The van der Waals surface area contributed by atoms with Gasteiger partial charge in [0.25, 0.3) is 0 Å². The maximum Gasteiger partial charge on any atom is 0.191 e. The van der Waals surface area contributed by atoms with E-state index >= 15 is 0 Å². The van der Waals surface area contributed by atoms with Gasteiger partial charge in [-0.3, -0.25) is 0 Å². The zero-order valence-electron chi connectivity index (χ0n) is 12.9. The summed E-state index contributed by atoms with van der Waals surface area (Å²) in [6.45, 7) is 0. The SMILES string of the molecule is COc1ccc(-c2nnc(SCc3ccccc3Cl)n2C)cc1. The minimum Gasteiger partial charge on any atom is -0.497 e. The largest absolute Gasteiger partial charge is 0.497 e. The molecule has 0 amide bonds. The predicted molar refractivity (Wildman–Crippen MR) is 94.0 cm³/mol. The molecule has 0 bridgehead atoms. The van der Waals surface area contributed by atoms with Crippen molar-refractivity contribution >= 4 is 23.4 Å². The number of benzene rings is 2. The van der Waals surface area contributed by atoms with Crippen LogP contribution in [0.3, 0.4) is 0 Å². The molecule has 3 aromatic rings. The third-order valence-electron chi connectivity index (χ3n) is 3.50. The van der Waals surface area contributed by atoms with Crippen LogP contribution in [0.1, 0.15) is 5.56 Å². The van der Waals surface area contributed by atoms with Gasteiger partial charge in [0.05, 0.1) is 7.11 Å². The summed E-state index contributed by atoms with van der Waals surface area (Å²) in [6.07, 6.45) is 0. The summed E-state index contributed by atoms with van der Waals surface area (Å²) in [5.41, 5.74) is 2.10. The first-order valence-electron chi connectivity index (χ1n) is 7.09. The normalized spacial score (nSPS) is 10.7. The van der Waals surface area contributed by atoms with Crippen LogP contribution in [-0.2, 0) is 12.8 Å². The molecule has 0 unspecified atom stereocenters. The van der Waals surface area contributed by atoms with Crippen molar-refractivity contribution in [1.82, 2.24) is 14.8 Å². The van der Waals surface area contributed by atoms with Crippen LogP contribution in [0.2, 0.25) is 5.02 Å². The third kappa shape index (κ3) is 3.51. The fraction of sp³-hybridized carbons (Fsp3) is 0.176. The second kappa shape index (κ2) is 7.06. The molecule has 0 aliphatic carbocycles. The smallest absolute Gasteiger partial charge is 0.191 e. The summed E-state index contributed by atoms with van der Waals surface area (Å²) in [5, 5.41) is 10.2. The molecule has 0 spiro atoms. The molecule has 6 heteroatoms. The maximum absolute atomic E-state index is 6.19. The third-order valence-corrected chi connectivity index (χ3v) is 4.94. The number of halogens is 1. The van der Waals surface area contributed by atoms with E-state index in [9.17, 15) is 0 Å². The lowest BCUT2D eigenvalue weighted by Gasteiger charge is -2.06. The van der Waals surface area contributed by atoms with Crippen LogP contribution in [0.25, 0.3) is 11.4 Å². The minimum atomic E-state index is 0.758. The molecule has 0 aliphatic heterocycles. The van der Waals surface area contributed by atoms with Gasteiger partial charge in [0.2, 0.25) is 0 Å². The fourth-order valence-electron chi connectivity index (χ4n) is 2.19. The van der Waals surface area contributed by atoms with Crippen LogP contribution in [0.4, 0.5) is 0 Å². The molecule has 0 saturated heterocycles. The Labute approximate surface area is 144 Å². The predicted octanol–water partition coefficient (Wildman–Crippen LogP) is 4.44. The van der Waals surface area contributed by atoms with Gasteiger partial charge in [-0.1, -0.05) is 41.6 Å². The molecule has 0 saturated carbocycles. The summed E-state index contributed by atoms with van der Waals surface area (Å²) < 4.78 is 7.17. The van der Waals surface area contributed by atoms with Gasteiger partial charge < -0.3 is 9.30 Å². The van der Waals surface area contributed by atoms with Crippen LogP contribution in [-0.4, -0.2) is 21.9 Å². The lowest BCUT2D eigenvalue weighted by Crippen LogP contribution is -1.95. The van der Waals surface area contributed by atoms with Crippen LogP contribution in [0, 0.1) is 0 Å². The molecule has 0 radical (unpaired) electrons. The minimum absolute atomic E-state index is 0.758. The van der Waals surface area contributed by atoms with E-state index in [1.165, 1.54) is 0 Å². The second-order valence-corrected chi connectivity index (χ2v) is 6.32. The van der Waals surface area contributed by atoms with Gasteiger partial charge in [0.15, 0.2) is 11.0 Å². The zero-order valence-corrected chi connectivity index (χ0v) is 14.4. The van der Waals surface area contributed by atoms with Gasteiger partial charge >= 0.3 is 0 Å². The molecule has 2 aromatic carbocycles. The van der Waals surface area contributed by atoms with Crippen molar-refractivity contribution in [2.24, 2.45) is 7.05 Å². The molecule has 23 heavy (non-hydrogen) atoms. The van der Waals surface area contributed by atoms with Crippen molar-refractivity contribution in [1.29, 1.82) is 0 Å². The van der Waals surface area contributed by atoms with Crippen molar-refractivity contribution < 1.29 is 4.74 Å². The van der Waals surface area contributed by atoms with Gasteiger partial charge in [-0.05, 0) is 35.9 Å². The number of hydrogen-bond acceptors (Lipinski definition) is 4. The van der Waals surface area contributed by atoms with Crippen molar-refractivity contribution in [3.63, 3.8) is 0 Å². The number of thioether (sulfide) groups is 1. The Bertz CT molecular complexity index is 802. The topological polar surface area (TPSA) is 39.9 Å². The molecule has 1 heterocycles. The number of aromatic nitrogens is 3. The highest BCUT2D eigenvalue weighted by Crippen LogP contribution is 2.28. The molecule has 4 nitrogen and oxygen atoms in total. The van der Waals surface area contributed by atoms with E-state index in [-0.39, 0.29) is 0 Å². The quantitative estimate of drug-likeness (QED) is 0.641. The van der Waals surface area contributed by atoms with Gasteiger partial charge in [-0.25, -0.2) is 0 Å². The Morgan fingerprint density at radius 3 is 2.52 bits per heavy atom. The molecule has 118 valence electrons. The van der Waals surface area contributed by atoms with Crippen molar-refractivity contribution in [2.45, 2.75) is 10.9 Å². The molecular formula is C17H16ClN3OS. The number of hydrogen-bond donors (Lipinski definition) is 0. The van der Waals surface area contributed by atoms with Crippen LogP contribution >= 0.6 is 23.4 Å². The number of ether oxygens (including phenoxy) is 1. The molecular weight excluding hydrogens is 330 g/mol. The van der Waals surface area contributed by atoms with Crippen LogP contribution < -0.4 is 4.74 Å². The molecule has 0 fully saturated rings. The van der Waals surface area contributed by atoms with Crippen molar-refractivity contribution in [3.05, 3.63) is 59.1 Å². The Balaban J connectivity index is 1.77. The second-order valence-electron chi connectivity index (χ2n) is 4.97. The zero-order chi connectivity index (χ0) is 16.2. The van der Waals surface area contributed by atoms with Crippen LogP contribution in [0.15, 0.2) is 53.7 Å². The van der Waals surface area contributed by atoms with Gasteiger partial charge in [-0.15, -0.1) is 10.2 Å². The monoisotopic (exact) mass is 345 g/mol. The number of methoxy groups -OCH3 is 1. The molecule has 3 rings (SSSR count). The first-order valence-corrected chi connectivity index (χ1v) is 8.45. The van der Waals surface area contributed by atoms with Gasteiger partial charge in [0.1, 0.15) is 5.75 Å². The Hall–Kier alpha value is -1.98. The van der Waals surface area contributed by atoms with E-state index in [2.05, 4.69) is 10.2 Å². The molecule has 0 atom stereocenters. The standard InChI is InChI=1S/C17H16ClN3OS/c1-21-16(12-7-9-14(22-2)10-8-12)19-20-17(21)23-11-13-5-3-4-6-15(13)18/h3-10H,11H2,1-2H3. The van der Waals surface area contributed by atoms with E-state index in [4.69, 9.17) is 16.3 Å². The highest BCUT2D eigenvalue weighted by molar-refractivity contribution is 7.98. The molecule has 0 N–H and O–H groups in total. The first kappa shape index (κ1) is 15.9. The van der Waals surface area contributed by atoms with E-state index in [0.717, 1.165) is 38.6 Å². The summed E-state index contributed by atoms with van der Waals surface area (Å²) in [7, 11) is 3.62. The lowest BCUT2D eigenvalue weighted by molar-refractivity contribution is 0.415. The Morgan fingerprint density at radius 1 is 1.09 bits per heavy atom. The van der Waals surface area contributed by atoms with E-state index < -0.39 is 0 Å².